The van der Waals surface area contributed by atoms with Crippen molar-refractivity contribution in [2.75, 3.05) is 5.32 Å². The Morgan fingerprint density at radius 3 is 2.75 bits per heavy atom. The van der Waals surface area contributed by atoms with Crippen molar-refractivity contribution in [2.45, 2.75) is 19.8 Å². The molecule has 5 heteroatoms. The van der Waals surface area contributed by atoms with E-state index in [4.69, 9.17) is 9.52 Å². The first-order valence-electron chi connectivity index (χ1n) is 6.22. The number of nitrogens with one attached hydrogen (secondary N) is 1. The van der Waals surface area contributed by atoms with Crippen LogP contribution in [0.25, 0.3) is 0 Å². The largest absolute Gasteiger partial charge is 0.478 e. The molecule has 5 nitrogen and oxygen atoms in total. The summed E-state index contributed by atoms with van der Waals surface area (Å²) in [5.74, 6) is -0.578. The molecule has 0 saturated heterocycles. The summed E-state index contributed by atoms with van der Waals surface area (Å²) >= 11 is 0. The van der Waals surface area contributed by atoms with Crippen LogP contribution in [0.5, 0.6) is 0 Å². The number of benzene rings is 1. The highest BCUT2D eigenvalue weighted by atomic mass is 16.4. The Hall–Kier alpha value is -2.56. The molecule has 2 aromatic rings. The first kappa shape index (κ1) is 13.9. The first-order valence-corrected chi connectivity index (χ1v) is 6.22. The third-order valence-corrected chi connectivity index (χ3v) is 2.86. The Morgan fingerprint density at radius 1 is 1.30 bits per heavy atom. The second-order valence-corrected chi connectivity index (χ2v) is 4.48. The summed E-state index contributed by atoms with van der Waals surface area (Å²) in [7, 11) is 0. The van der Waals surface area contributed by atoms with Crippen molar-refractivity contribution in [1.29, 1.82) is 0 Å². The van der Waals surface area contributed by atoms with Crippen molar-refractivity contribution >= 4 is 17.6 Å². The van der Waals surface area contributed by atoms with E-state index in [-0.39, 0.29) is 17.9 Å². The van der Waals surface area contributed by atoms with Crippen molar-refractivity contribution in [3.05, 3.63) is 53.5 Å². The number of carboxylic acid groups (broad SMARTS) is 1. The second kappa shape index (κ2) is 6.06. The van der Waals surface area contributed by atoms with Crippen molar-refractivity contribution in [1.82, 2.24) is 0 Å². The zero-order valence-corrected chi connectivity index (χ0v) is 11.1. The normalized spacial score (nSPS) is 10.2. The van der Waals surface area contributed by atoms with Crippen LogP contribution in [0.15, 0.2) is 41.0 Å². The van der Waals surface area contributed by atoms with Gasteiger partial charge in [-0.15, -0.1) is 0 Å². The van der Waals surface area contributed by atoms with Crippen LogP contribution in [0.2, 0.25) is 0 Å². The molecular weight excluding hydrogens is 258 g/mol. The lowest BCUT2D eigenvalue weighted by molar-refractivity contribution is -0.116. The van der Waals surface area contributed by atoms with E-state index >= 15 is 0 Å². The molecule has 1 amide bonds. The summed E-state index contributed by atoms with van der Waals surface area (Å²) in [5.41, 5.74) is 1.24. The van der Waals surface area contributed by atoms with Gasteiger partial charge in [0.2, 0.25) is 5.91 Å². The van der Waals surface area contributed by atoms with E-state index in [9.17, 15) is 9.59 Å². The van der Waals surface area contributed by atoms with Crippen molar-refractivity contribution in [3.63, 3.8) is 0 Å². The van der Waals surface area contributed by atoms with E-state index in [1.54, 1.807) is 37.5 Å². The Kier molecular flexibility index (Phi) is 4.20. The topological polar surface area (TPSA) is 79.5 Å². The van der Waals surface area contributed by atoms with Gasteiger partial charge in [0.1, 0.15) is 5.76 Å². The number of hydrogen-bond donors (Lipinski definition) is 2. The predicted molar refractivity (Wildman–Crippen MR) is 73.8 cm³/mol. The standard InChI is InChI=1S/C15H15NO4/c1-10-4-6-13(12(9-10)15(18)19)16-14(17)7-5-11-3-2-8-20-11/h2-4,6,8-9H,5,7H2,1H3,(H,16,17)(H,18,19). The van der Waals surface area contributed by atoms with E-state index in [1.807, 2.05) is 0 Å². The molecule has 0 bridgehead atoms. The van der Waals surface area contributed by atoms with E-state index in [1.165, 1.54) is 6.07 Å². The minimum Gasteiger partial charge on any atom is -0.478 e. The summed E-state index contributed by atoms with van der Waals surface area (Å²) in [5, 5.41) is 11.7. The van der Waals surface area contributed by atoms with E-state index in [2.05, 4.69) is 5.32 Å². The molecule has 0 aliphatic carbocycles. The zero-order valence-electron chi connectivity index (χ0n) is 11.1. The molecule has 2 rings (SSSR count). The average Bonchev–Trinajstić information content (AvgIpc) is 2.91. The van der Waals surface area contributed by atoms with Crippen LogP contribution in [0.4, 0.5) is 5.69 Å². The molecule has 2 N–H and O–H groups in total. The minimum absolute atomic E-state index is 0.0938. The van der Waals surface area contributed by atoms with Crippen LogP contribution in [0.1, 0.15) is 28.1 Å². The smallest absolute Gasteiger partial charge is 0.337 e. The highest BCUT2D eigenvalue weighted by Gasteiger charge is 2.13. The molecule has 1 heterocycles. The molecule has 0 unspecified atom stereocenters. The van der Waals surface area contributed by atoms with Gasteiger partial charge in [0.15, 0.2) is 0 Å². The van der Waals surface area contributed by atoms with Gasteiger partial charge in [-0.1, -0.05) is 11.6 Å². The Labute approximate surface area is 116 Å². The third-order valence-electron chi connectivity index (χ3n) is 2.86. The van der Waals surface area contributed by atoms with Crippen molar-refractivity contribution in [3.8, 4) is 0 Å². The van der Waals surface area contributed by atoms with E-state index in [0.717, 1.165) is 11.3 Å². The summed E-state index contributed by atoms with van der Waals surface area (Å²) in [6.07, 6.45) is 2.27. The highest BCUT2D eigenvalue weighted by Crippen LogP contribution is 2.18. The SMILES string of the molecule is Cc1ccc(NC(=O)CCc2ccco2)c(C(=O)O)c1. The Bertz CT molecular complexity index is 617. The van der Waals surface area contributed by atoms with Crippen LogP contribution in [0.3, 0.4) is 0 Å². The molecule has 0 atom stereocenters. The zero-order chi connectivity index (χ0) is 14.5. The summed E-state index contributed by atoms with van der Waals surface area (Å²) in [6.45, 7) is 1.80. The quantitative estimate of drug-likeness (QED) is 0.877. The van der Waals surface area contributed by atoms with Gasteiger partial charge in [-0.05, 0) is 31.2 Å². The van der Waals surface area contributed by atoms with Gasteiger partial charge in [-0.3, -0.25) is 4.79 Å². The number of carbonyl (C=O) groups excluding carboxylic acids is 1. The van der Waals surface area contributed by atoms with Gasteiger partial charge < -0.3 is 14.8 Å². The number of rotatable bonds is 5. The number of amides is 1. The van der Waals surface area contributed by atoms with Crippen LogP contribution in [-0.2, 0) is 11.2 Å². The van der Waals surface area contributed by atoms with Crippen LogP contribution >= 0.6 is 0 Å². The molecule has 1 aromatic heterocycles. The fourth-order valence-corrected chi connectivity index (χ4v) is 1.85. The minimum atomic E-state index is -1.06. The monoisotopic (exact) mass is 273 g/mol. The second-order valence-electron chi connectivity index (χ2n) is 4.48. The molecular formula is C15H15NO4. The molecule has 0 aliphatic heterocycles. The molecule has 1 aromatic carbocycles. The number of hydrogen-bond acceptors (Lipinski definition) is 3. The van der Waals surface area contributed by atoms with E-state index < -0.39 is 5.97 Å². The molecule has 20 heavy (non-hydrogen) atoms. The van der Waals surface area contributed by atoms with Crippen LogP contribution in [-0.4, -0.2) is 17.0 Å². The fraction of sp³-hybridized carbons (Fsp3) is 0.200. The molecule has 0 spiro atoms. The number of carbonyl (C=O) groups is 2. The third kappa shape index (κ3) is 3.47. The van der Waals surface area contributed by atoms with Crippen LogP contribution in [0, 0.1) is 6.92 Å². The summed E-state index contributed by atoms with van der Waals surface area (Å²) in [4.78, 5) is 23.0. The summed E-state index contributed by atoms with van der Waals surface area (Å²) in [6, 6.07) is 8.44. The fourth-order valence-electron chi connectivity index (χ4n) is 1.85. The first-order chi connectivity index (χ1) is 9.56. The molecule has 0 aliphatic rings. The van der Waals surface area contributed by atoms with Gasteiger partial charge in [-0.25, -0.2) is 4.79 Å². The van der Waals surface area contributed by atoms with Gasteiger partial charge in [0.05, 0.1) is 17.5 Å². The lowest BCUT2D eigenvalue weighted by Gasteiger charge is -2.09. The Morgan fingerprint density at radius 2 is 2.10 bits per heavy atom. The van der Waals surface area contributed by atoms with E-state index in [0.29, 0.717) is 12.1 Å². The van der Waals surface area contributed by atoms with Crippen molar-refractivity contribution in [2.24, 2.45) is 0 Å². The van der Waals surface area contributed by atoms with Gasteiger partial charge in [-0.2, -0.15) is 0 Å². The number of aromatic carboxylic acids is 1. The molecule has 0 saturated carbocycles. The molecule has 0 fully saturated rings. The van der Waals surface area contributed by atoms with Crippen molar-refractivity contribution < 1.29 is 19.1 Å². The molecule has 0 radical (unpaired) electrons. The predicted octanol–water partition coefficient (Wildman–Crippen LogP) is 2.86. The number of aryl methyl sites for hydroxylation is 2. The maximum Gasteiger partial charge on any atom is 0.337 e. The number of carboxylic acids is 1. The lowest BCUT2D eigenvalue weighted by atomic mass is 10.1. The Balaban J connectivity index is 2.02. The van der Waals surface area contributed by atoms with Gasteiger partial charge >= 0.3 is 5.97 Å². The maximum atomic E-state index is 11.8. The van der Waals surface area contributed by atoms with Gasteiger partial charge in [0, 0.05) is 12.8 Å². The number of anilines is 1. The van der Waals surface area contributed by atoms with Crippen LogP contribution < -0.4 is 5.32 Å². The lowest BCUT2D eigenvalue weighted by Crippen LogP contribution is -2.15. The highest BCUT2D eigenvalue weighted by molar-refractivity contribution is 6.00. The maximum absolute atomic E-state index is 11.8. The van der Waals surface area contributed by atoms with Gasteiger partial charge in [0.25, 0.3) is 0 Å². The molecule has 104 valence electrons. The summed E-state index contributed by atoms with van der Waals surface area (Å²) < 4.78 is 5.14. The average molecular weight is 273 g/mol. The number of furan rings is 1.